The van der Waals surface area contributed by atoms with Gasteiger partial charge in [-0.1, -0.05) is 26.5 Å². The number of halogens is 1. The van der Waals surface area contributed by atoms with Crippen LogP contribution in [0.5, 0.6) is 0 Å². The summed E-state index contributed by atoms with van der Waals surface area (Å²) in [4.78, 5) is -0.170. The summed E-state index contributed by atoms with van der Waals surface area (Å²) in [6, 6.07) is 4.49. The van der Waals surface area contributed by atoms with Crippen LogP contribution in [0, 0.1) is 6.92 Å². The van der Waals surface area contributed by atoms with E-state index in [9.17, 15) is 13.0 Å². The van der Waals surface area contributed by atoms with Gasteiger partial charge in [0, 0.05) is 4.47 Å². The van der Waals surface area contributed by atoms with E-state index in [1.54, 1.807) is 13.0 Å². The molecular formula is C7H6BrO3S. The van der Waals surface area contributed by atoms with E-state index in [1.165, 1.54) is 12.1 Å². The van der Waals surface area contributed by atoms with Crippen LogP contribution in [-0.4, -0.2) is 8.42 Å². The largest absolute Gasteiger partial charge is 0.324 e. The third-order valence-electron chi connectivity index (χ3n) is 1.49. The van der Waals surface area contributed by atoms with Crippen molar-refractivity contribution in [1.82, 2.24) is 0 Å². The Labute approximate surface area is 79.3 Å². The third kappa shape index (κ3) is 1.85. The van der Waals surface area contributed by atoms with Gasteiger partial charge >= 0.3 is 10.1 Å². The molecule has 0 unspecified atom stereocenters. The van der Waals surface area contributed by atoms with Crippen LogP contribution >= 0.6 is 15.9 Å². The van der Waals surface area contributed by atoms with Crippen molar-refractivity contribution in [3.63, 3.8) is 0 Å². The average molecular weight is 250 g/mol. The summed E-state index contributed by atoms with van der Waals surface area (Å²) in [5, 5.41) is 0. The molecule has 0 N–H and O–H groups in total. The SMILES string of the molecule is Cc1c(Br)cccc1S([O])(=O)=O. The number of benzene rings is 1. The molecule has 0 saturated heterocycles. The molecule has 0 spiro atoms. The van der Waals surface area contributed by atoms with Gasteiger partial charge in [-0.25, -0.2) is 0 Å². The zero-order chi connectivity index (χ0) is 9.35. The molecular weight excluding hydrogens is 244 g/mol. The highest BCUT2D eigenvalue weighted by Crippen LogP contribution is 2.22. The molecule has 0 saturated carbocycles. The first-order valence-corrected chi connectivity index (χ1v) is 5.34. The minimum absolute atomic E-state index is 0.170. The Morgan fingerprint density at radius 3 is 2.33 bits per heavy atom. The monoisotopic (exact) mass is 249 g/mol. The Kier molecular flexibility index (Phi) is 2.55. The lowest BCUT2D eigenvalue weighted by molar-refractivity contribution is 0.414. The minimum atomic E-state index is -4.34. The lowest BCUT2D eigenvalue weighted by Crippen LogP contribution is -1.99. The fraction of sp³-hybridized carbons (Fsp3) is 0.143. The molecule has 1 aromatic rings. The van der Waals surface area contributed by atoms with Crippen LogP contribution in [0.2, 0.25) is 0 Å². The highest BCUT2D eigenvalue weighted by molar-refractivity contribution is 9.10. The van der Waals surface area contributed by atoms with E-state index in [1.807, 2.05) is 0 Å². The predicted molar refractivity (Wildman–Crippen MR) is 46.8 cm³/mol. The van der Waals surface area contributed by atoms with E-state index in [0.29, 0.717) is 10.0 Å². The third-order valence-corrected chi connectivity index (χ3v) is 3.33. The van der Waals surface area contributed by atoms with Gasteiger partial charge in [0.1, 0.15) is 4.90 Å². The van der Waals surface area contributed by atoms with Gasteiger partial charge in [-0.15, -0.1) is 0 Å². The van der Waals surface area contributed by atoms with Crippen molar-refractivity contribution in [1.29, 1.82) is 0 Å². The van der Waals surface area contributed by atoms with Crippen molar-refractivity contribution in [2.45, 2.75) is 11.8 Å². The maximum Gasteiger partial charge on any atom is 0.324 e. The van der Waals surface area contributed by atoms with Crippen molar-refractivity contribution in [3.8, 4) is 0 Å². The molecule has 0 bridgehead atoms. The Balaban J connectivity index is 3.47. The van der Waals surface area contributed by atoms with Gasteiger partial charge in [0.2, 0.25) is 0 Å². The molecule has 0 amide bonds. The second kappa shape index (κ2) is 3.16. The highest BCUT2D eigenvalue weighted by atomic mass is 79.9. The number of hydrogen-bond donors (Lipinski definition) is 0. The van der Waals surface area contributed by atoms with Gasteiger partial charge in [-0.3, -0.25) is 0 Å². The summed E-state index contributed by atoms with van der Waals surface area (Å²) in [6.45, 7) is 1.58. The molecule has 1 aromatic carbocycles. The van der Waals surface area contributed by atoms with E-state index in [0.717, 1.165) is 0 Å². The topological polar surface area (TPSA) is 54.0 Å². The Morgan fingerprint density at radius 1 is 1.33 bits per heavy atom. The van der Waals surface area contributed by atoms with E-state index in [-0.39, 0.29) is 4.90 Å². The molecule has 5 heteroatoms. The molecule has 0 aliphatic heterocycles. The van der Waals surface area contributed by atoms with E-state index < -0.39 is 10.1 Å². The predicted octanol–water partition coefficient (Wildman–Crippen LogP) is 1.88. The van der Waals surface area contributed by atoms with Crippen molar-refractivity contribution in [3.05, 3.63) is 28.2 Å². The summed E-state index contributed by atoms with van der Waals surface area (Å²) in [7, 11) is -4.34. The maximum absolute atomic E-state index is 10.6. The summed E-state index contributed by atoms with van der Waals surface area (Å²) < 4.78 is 32.5. The first kappa shape index (κ1) is 9.70. The van der Waals surface area contributed by atoms with E-state index >= 15 is 0 Å². The van der Waals surface area contributed by atoms with Gasteiger partial charge in [-0.2, -0.15) is 8.42 Å². The standard InChI is InChI=1S/C7H6BrO3S/c1-5-6(8)3-2-4-7(5)12(9,10)11/h2-4H,1H3. The molecule has 0 fully saturated rings. The van der Waals surface area contributed by atoms with Gasteiger partial charge in [0.25, 0.3) is 0 Å². The van der Waals surface area contributed by atoms with Gasteiger partial charge < -0.3 is 0 Å². The Morgan fingerprint density at radius 2 is 1.92 bits per heavy atom. The Bertz CT molecular complexity index is 397. The molecule has 1 rings (SSSR count). The highest BCUT2D eigenvalue weighted by Gasteiger charge is 2.15. The smallest absolute Gasteiger partial charge is 0.192 e. The molecule has 0 heterocycles. The minimum Gasteiger partial charge on any atom is -0.192 e. The fourth-order valence-corrected chi connectivity index (χ4v) is 2.09. The van der Waals surface area contributed by atoms with Crippen LogP contribution in [0.4, 0.5) is 0 Å². The second-order valence-electron chi connectivity index (χ2n) is 2.32. The van der Waals surface area contributed by atoms with Crippen LogP contribution in [0.3, 0.4) is 0 Å². The van der Waals surface area contributed by atoms with Crippen molar-refractivity contribution < 1.29 is 13.0 Å². The van der Waals surface area contributed by atoms with E-state index in [4.69, 9.17) is 0 Å². The quantitative estimate of drug-likeness (QED) is 0.764. The summed E-state index contributed by atoms with van der Waals surface area (Å²) in [5.74, 6) is 0. The van der Waals surface area contributed by atoms with Gasteiger partial charge in [-0.05, 0) is 24.6 Å². The first-order valence-electron chi connectivity index (χ1n) is 3.14. The molecule has 12 heavy (non-hydrogen) atoms. The average Bonchev–Trinajstić information content (AvgIpc) is 1.92. The van der Waals surface area contributed by atoms with Crippen molar-refractivity contribution in [2.24, 2.45) is 0 Å². The van der Waals surface area contributed by atoms with Gasteiger partial charge in [0.05, 0.1) is 0 Å². The van der Waals surface area contributed by atoms with Crippen molar-refractivity contribution in [2.75, 3.05) is 0 Å². The van der Waals surface area contributed by atoms with Crippen molar-refractivity contribution >= 4 is 26.0 Å². The molecule has 3 nitrogen and oxygen atoms in total. The van der Waals surface area contributed by atoms with Gasteiger partial charge in [0.15, 0.2) is 0 Å². The summed E-state index contributed by atoms with van der Waals surface area (Å²) in [6.07, 6.45) is 0. The lowest BCUT2D eigenvalue weighted by atomic mass is 10.2. The Hall–Kier alpha value is -0.390. The second-order valence-corrected chi connectivity index (χ2v) is 4.52. The molecule has 0 atom stereocenters. The molecule has 0 aromatic heterocycles. The zero-order valence-electron chi connectivity index (χ0n) is 6.24. The summed E-state index contributed by atoms with van der Waals surface area (Å²) in [5.41, 5.74) is 0.451. The lowest BCUT2D eigenvalue weighted by Gasteiger charge is -2.01. The first-order chi connectivity index (χ1) is 5.43. The molecule has 1 radical (unpaired) electrons. The fourth-order valence-electron chi connectivity index (χ4n) is 0.859. The number of rotatable bonds is 1. The van der Waals surface area contributed by atoms with Crippen LogP contribution in [0.1, 0.15) is 5.56 Å². The van der Waals surface area contributed by atoms with E-state index in [2.05, 4.69) is 15.9 Å². The normalized spacial score (nSPS) is 11.6. The van der Waals surface area contributed by atoms with Crippen LogP contribution in [0.15, 0.2) is 27.6 Å². The maximum atomic E-state index is 10.6. The zero-order valence-corrected chi connectivity index (χ0v) is 8.65. The number of hydrogen-bond acceptors (Lipinski definition) is 2. The molecule has 0 aliphatic rings. The van der Waals surface area contributed by atoms with Crippen LogP contribution in [0.25, 0.3) is 0 Å². The summed E-state index contributed by atoms with van der Waals surface area (Å²) >= 11 is 3.14. The van der Waals surface area contributed by atoms with Crippen LogP contribution in [-0.2, 0) is 14.7 Å². The molecule has 0 aliphatic carbocycles. The molecule has 65 valence electrons. The van der Waals surface area contributed by atoms with Crippen LogP contribution < -0.4 is 0 Å².